The molecule has 0 atom stereocenters. The Labute approximate surface area is 138 Å². The minimum atomic E-state index is -4.45. The molecule has 0 saturated heterocycles. The van der Waals surface area contributed by atoms with Crippen LogP contribution in [0.15, 0.2) is 47.1 Å². The summed E-state index contributed by atoms with van der Waals surface area (Å²) in [5.74, 6) is -0.503. The van der Waals surface area contributed by atoms with Crippen LogP contribution in [0.5, 0.6) is 5.88 Å². The molecule has 2 aromatic rings. The van der Waals surface area contributed by atoms with Crippen LogP contribution in [-0.4, -0.2) is 23.7 Å². The summed E-state index contributed by atoms with van der Waals surface area (Å²) in [6.45, 7) is -1.43. The van der Waals surface area contributed by atoms with E-state index in [0.717, 1.165) is 4.47 Å². The van der Waals surface area contributed by atoms with Crippen LogP contribution in [0.1, 0.15) is 15.9 Å². The topological polar surface area (TPSA) is 51.2 Å². The van der Waals surface area contributed by atoms with Crippen molar-refractivity contribution in [2.24, 2.45) is 0 Å². The van der Waals surface area contributed by atoms with Crippen LogP contribution in [0.4, 0.5) is 13.2 Å². The lowest BCUT2D eigenvalue weighted by atomic mass is 10.2. The molecule has 1 amide bonds. The van der Waals surface area contributed by atoms with E-state index in [-0.39, 0.29) is 18.3 Å². The zero-order valence-electron chi connectivity index (χ0n) is 11.7. The van der Waals surface area contributed by atoms with Gasteiger partial charge in [0, 0.05) is 28.3 Å². The minimum Gasteiger partial charge on any atom is -0.468 e. The van der Waals surface area contributed by atoms with Crippen molar-refractivity contribution in [1.29, 1.82) is 0 Å². The lowest BCUT2D eigenvalue weighted by Crippen LogP contribution is -2.24. The summed E-state index contributed by atoms with van der Waals surface area (Å²) < 4.78 is 42.1. The van der Waals surface area contributed by atoms with E-state index in [1.807, 2.05) is 0 Å². The third kappa shape index (κ3) is 5.55. The second kappa shape index (κ2) is 7.45. The number of pyridine rings is 1. The van der Waals surface area contributed by atoms with Gasteiger partial charge in [-0.05, 0) is 24.3 Å². The van der Waals surface area contributed by atoms with Crippen molar-refractivity contribution >= 4 is 21.8 Å². The summed E-state index contributed by atoms with van der Waals surface area (Å²) in [4.78, 5) is 15.8. The van der Waals surface area contributed by atoms with Crippen LogP contribution < -0.4 is 10.1 Å². The molecule has 1 N–H and O–H groups in total. The third-order valence-corrected chi connectivity index (χ3v) is 3.24. The van der Waals surface area contributed by atoms with Crippen molar-refractivity contribution in [1.82, 2.24) is 10.3 Å². The van der Waals surface area contributed by atoms with Gasteiger partial charge in [-0.3, -0.25) is 4.79 Å². The Morgan fingerprint density at radius 3 is 2.74 bits per heavy atom. The van der Waals surface area contributed by atoms with Gasteiger partial charge in [0.1, 0.15) is 0 Å². The molecule has 0 spiro atoms. The fourth-order valence-electron chi connectivity index (χ4n) is 1.75. The highest BCUT2D eigenvalue weighted by molar-refractivity contribution is 9.10. The maximum absolute atomic E-state index is 12.2. The largest absolute Gasteiger partial charge is 0.468 e. The molecular weight excluding hydrogens is 377 g/mol. The Hall–Kier alpha value is -2.09. The zero-order chi connectivity index (χ0) is 16.9. The molecule has 0 unspecified atom stereocenters. The maximum Gasteiger partial charge on any atom is 0.422 e. The SMILES string of the molecule is O=C(NCc1cccnc1OCC(F)(F)F)c1cccc(Br)c1. The highest BCUT2D eigenvalue weighted by Crippen LogP contribution is 2.20. The molecule has 0 aliphatic rings. The van der Waals surface area contributed by atoms with Crippen molar-refractivity contribution < 1.29 is 22.7 Å². The van der Waals surface area contributed by atoms with Gasteiger partial charge in [-0.15, -0.1) is 0 Å². The Morgan fingerprint density at radius 1 is 1.26 bits per heavy atom. The van der Waals surface area contributed by atoms with Crippen molar-refractivity contribution in [3.05, 3.63) is 58.2 Å². The summed E-state index contributed by atoms with van der Waals surface area (Å²) in [5, 5.41) is 2.62. The molecular formula is C15H12BrF3N2O2. The Balaban J connectivity index is 2.01. The van der Waals surface area contributed by atoms with E-state index < -0.39 is 12.8 Å². The quantitative estimate of drug-likeness (QED) is 0.849. The van der Waals surface area contributed by atoms with Gasteiger partial charge in [-0.2, -0.15) is 13.2 Å². The zero-order valence-corrected chi connectivity index (χ0v) is 13.3. The first-order chi connectivity index (χ1) is 10.8. The predicted octanol–water partition coefficient (Wildman–Crippen LogP) is 3.72. The summed E-state index contributed by atoms with van der Waals surface area (Å²) in [6, 6.07) is 9.85. The van der Waals surface area contributed by atoms with Crippen LogP contribution in [0, 0.1) is 0 Å². The van der Waals surface area contributed by atoms with E-state index in [9.17, 15) is 18.0 Å². The standard InChI is InChI=1S/C15H12BrF3N2O2/c16-12-5-1-3-10(7-12)13(22)21-8-11-4-2-6-20-14(11)23-9-15(17,18)19/h1-7H,8-9H2,(H,21,22). The molecule has 0 aliphatic heterocycles. The number of benzene rings is 1. The Bertz CT molecular complexity index is 692. The van der Waals surface area contributed by atoms with Crippen LogP contribution in [0.2, 0.25) is 0 Å². The van der Waals surface area contributed by atoms with Crippen LogP contribution in [0.3, 0.4) is 0 Å². The molecule has 0 saturated carbocycles. The molecule has 4 nitrogen and oxygen atoms in total. The van der Waals surface area contributed by atoms with Gasteiger partial charge in [0.25, 0.3) is 5.91 Å². The first kappa shape index (κ1) is 17.3. The fourth-order valence-corrected chi connectivity index (χ4v) is 2.15. The number of halogens is 4. The monoisotopic (exact) mass is 388 g/mol. The maximum atomic E-state index is 12.2. The highest BCUT2D eigenvalue weighted by atomic mass is 79.9. The molecule has 8 heteroatoms. The van der Waals surface area contributed by atoms with Crippen LogP contribution >= 0.6 is 15.9 Å². The molecule has 122 valence electrons. The van der Waals surface area contributed by atoms with E-state index in [0.29, 0.717) is 11.1 Å². The number of ether oxygens (including phenoxy) is 1. The van der Waals surface area contributed by atoms with Gasteiger partial charge in [-0.1, -0.05) is 28.1 Å². The van der Waals surface area contributed by atoms with Gasteiger partial charge >= 0.3 is 6.18 Å². The van der Waals surface area contributed by atoms with E-state index in [1.54, 1.807) is 36.4 Å². The average molecular weight is 389 g/mol. The van der Waals surface area contributed by atoms with Crippen molar-refractivity contribution in [2.75, 3.05) is 6.61 Å². The van der Waals surface area contributed by atoms with Crippen molar-refractivity contribution in [3.63, 3.8) is 0 Å². The number of carbonyl (C=O) groups is 1. The highest BCUT2D eigenvalue weighted by Gasteiger charge is 2.29. The Morgan fingerprint density at radius 2 is 2.04 bits per heavy atom. The lowest BCUT2D eigenvalue weighted by molar-refractivity contribution is -0.154. The molecule has 2 rings (SSSR count). The van der Waals surface area contributed by atoms with E-state index in [1.165, 1.54) is 6.20 Å². The number of hydrogen-bond donors (Lipinski definition) is 1. The lowest BCUT2D eigenvalue weighted by Gasteiger charge is -2.12. The number of hydrogen-bond acceptors (Lipinski definition) is 3. The second-order valence-corrected chi connectivity index (χ2v) is 5.48. The van der Waals surface area contributed by atoms with Gasteiger partial charge in [0.05, 0.1) is 0 Å². The number of amides is 1. The molecule has 0 fully saturated rings. The summed E-state index contributed by atoms with van der Waals surface area (Å²) in [6.07, 6.45) is -3.13. The predicted molar refractivity (Wildman–Crippen MR) is 81.1 cm³/mol. The first-order valence-corrected chi connectivity index (χ1v) is 7.32. The van der Waals surface area contributed by atoms with Crippen LogP contribution in [0.25, 0.3) is 0 Å². The van der Waals surface area contributed by atoms with Gasteiger partial charge in [-0.25, -0.2) is 4.98 Å². The molecule has 1 heterocycles. The van der Waals surface area contributed by atoms with Gasteiger partial charge in [0.2, 0.25) is 5.88 Å². The summed E-state index contributed by atoms with van der Waals surface area (Å²) >= 11 is 3.26. The molecule has 0 aliphatic carbocycles. The van der Waals surface area contributed by atoms with E-state index >= 15 is 0 Å². The number of nitrogens with zero attached hydrogens (tertiary/aromatic N) is 1. The van der Waals surface area contributed by atoms with Crippen molar-refractivity contribution in [2.45, 2.75) is 12.7 Å². The van der Waals surface area contributed by atoms with E-state index in [2.05, 4.69) is 31.0 Å². The molecule has 1 aromatic heterocycles. The average Bonchev–Trinajstić information content (AvgIpc) is 2.50. The number of rotatable bonds is 5. The number of aromatic nitrogens is 1. The first-order valence-electron chi connectivity index (χ1n) is 6.52. The van der Waals surface area contributed by atoms with Gasteiger partial charge < -0.3 is 10.1 Å². The minimum absolute atomic E-state index is 0.00633. The normalized spacial score (nSPS) is 11.1. The third-order valence-electron chi connectivity index (χ3n) is 2.75. The number of nitrogens with one attached hydrogen (secondary N) is 1. The second-order valence-electron chi connectivity index (χ2n) is 4.56. The van der Waals surface area contributed by atoms with Crippen LogP contribution in [-0.2, 0) is 6.54 Å². The Kier molecular flexibility index (Phi) is 5.59. The summed E-state index contributed by atoms with van der Waals surface area (Å²) in [5.41, 5.74) is 0.793. The van der Waals surface area contributed by atoms with E-state index in [4.69, 9.17) is 0 Å². The fraction of sp³-hybridized carbons (Fsp3) is 0.200. The van der Waals surface area contributed by atoms with Crippen molar-refractivity contribution in [3.8, 4) is 5.88 Å². The summed E-state index contributed by atoms with van der Waals surface area (Å²) in [7, 11) is 0. The molecule has 0 radical (unpaired) electrons. The number of carbonyl (C=O) groups excluding carboxylic acids is 1. The molecule has 1 aromatic carbocycles. The molecule has 23 heavy (non-hydrogen) atoms. The molecule has 0 bridgehead atoms. The van der Waals surface area contributed by atoms with Gasteiger partial charge in [0.15, 0.2) is 6.61 Å². The number of alkyl halides is 3. The smallest absolute Gasteiger partial charge is 0.422 e.